The molecule has 0 aliphatic heterocycles. The van der Waals surface area contributed by atoms with Gasteiger partial charge in [-0.25, -0.2) is 0 Å². The van der Waals surface area contributed by atoms with Crippen molar-refractivity contribution in [3.05, 3.63) is 29.8 Å². The zero-order valence-electron chi connectivity index (χ0n) is 9.27. The van der Waals surface area contributed by atoms with Gasteiger partial charge in [-0.1, -0.05) is 12.1 Å². The number of aldehydes is 1. The number of anilines is 1. The lowest BCUT2D eigenvalue weighted by atomic mass is 10.2. The fraction of sp³-hybridized carbons (Fsp3) is 0.364. The first-order chi connectivity index (χ1) is 7.13. The molecule has 0 aliphatic carbocycles. The monoisotopic (exact) mass is 211 g/mol. The van der Waals surface area contributed by atoms with Gasteiger partial charge in [0, 0.05) is 25.5 Å². The van der Waals surface area contributed by atoms with Crippen molar-refractivity contribution < 1.29 is 14.3 Å². The van der Waals surface area contributed by atoms with Crippen molar-refractivity contribution in [2.45, 2.75) is 13.2 Å². The number of nitrogens with two attached hydrogens (primary N) is 1. The van der Waals surface area contributed by atoms with E-state index in [1.165, 1.54) is 0 Å². The normalized spacial score (nSPS) is 9.33. The molecule has 15 heavy (non-hydrogen) atoms. The second-order valence-electron chi connectivity index (χ2n) is 2.83. The van der Waals surface area contributed by atoms with Crippen molar-refractivity contribution in [3.8, 4) is 0 Å². The highest BCUT2D eigenvalue weighted by atomic mass is 16.7. The maximum absolute atomic E-state index is 10.1. The Morgan fingerprint density at radius 2 is 1.93 bits per heavy atom. The summed E-state index contributed by atoms with van der Waals surface area (Å²) in [7, 11) is 3.21. The lowest BCUT2D eigenvalue weighted by Crippen LogP contribution is -2.05. The van der Waals surface area contributed by atoms with Crippen LogP contribution in [0, 0.1) is 0 Å². The maximum atomic E-state index is 10.1. The smallest absolute Gasteiger partial charge is 0.154 e. The fourth-order valence-electron chi connectivity index (χ4n) is 0.729. The Morgan fingerprint density at radius 1 is 1.33 bits per heavy atom. The van der Waals surface area contributed by atoms with Crippen molar-refractivity contribution in [1.29, 1.82) is 0 Å². The van der Waals surface area contributed by atoms with Gasteiger partial charge in [0.15, 0.2) is 6.29 Å². The molecule has 1 aromatic rings. The Morgan fingerprint density at radius 3 is 2.20 bits per heavy atom. The third kappa shape index (κ3) is 6.65. The summed E-state index contributed by atoms with van der Waals surface area (Å²) in [5, 5.41) is 0. The number of carbonyl (C=O) groups excluding carboxylic acids is 1. The van der Waals surface area contributed by atoms with Crippen LogP contribution < -0.4 is 5.73 Å². The Balaban J connectivity index is 0.000000288. The van der Waals surface area contributed by atoms with Crippen molar-refractivity contribution in [1.82, 2.24) is 0 Å². The molecular formula is C11H17NO3. The second-order valence-corrected chi connectivity index (χ2v) is 2.83. The summed E-state index contributed by atoms with van der Waals surface area (Å²) in [6.07, 6.45) is 0.709. The van der Waals surface area contributed by atoms with Crippen LogP contribution in [-0.2, 0) is 9.47 Å². The number of ether oxygens (including phenoxy) is 2. The van der Waals surface area contributed by atoms with Crippen molar-refractivity contribution >= 4 is 12.0 Å². The largest absolute Gasteiger partial charge is 0.399 e. The van der Waals surface area contributed by atoms with Crippen LogP contribution >= 0.6 is 0 Å². The zero-order chi connectivity index (χ0) is 11.7. The molecule has 1 rings (SSSR count). The third-order valence-corrected chi connectivity index (χ3v) is 1.71. The van der Waals surface area contributed by atoms with E-state index in [2.05, 4.69) is 9.47 Å². The average Bonchev–Trinajstić information content (AvgIpc) is 2.28. The number of rotatable bonds is 3. The molecule has 84 valence electrons. The third-order valence-electron chi connectivity index (χ3n) is 1.71. The molecule has 0 aliphatic rings. The first-order valence-electron chi connectivity index (χ1n) is 4.50. The van der Waals surface area contributed by atoms with Crippen LogP contribution in [-0.4, -0.2) is 26.8 Å². The van der Waals surface area contributed by atoms with Gasteiger partial charge in [-0.3, -0.25) is 4.79 Å². The Bertz CT molecular complexity index is 285. The first-order valence-corrected chi connectivity index (χ1v) is 4.50. The van der Waals surface area contributed by atoms with Crippen LogP contribution in [0.4, 0.5) is 5.69 Å². The first kappa shape index (κ1) is 13.6. The van der Waals surface area contributed by atoms with E-state index in [1.54, 1.807) is 38.5 Å². The quantitative estimate of drug-likeness (QED) is 0.469. The summed E-state index contributed by atoms with van der Waals surface area (Å²) < 4.78 is 9.35. The number of hydrogen-bond acceptors (Lipinski definition) is 4. The van der Waals surface area contributed by atoms with E-state index in [0.717, 1.165) is 6.29 Å². The van der Waals surface area contributed by atoms with Crippen LogP contribution in [0.15, 0.2) is 24.3 Å². The molecule has 0 saturated carbocycles. The highest BCUT2D eigenvalue weighted by Gasteiger charge is 1.88. The minimum atomic E-state index is -0.0648. The molecule has 0 aromatic heterocycles. The predicted octanol–water partition coefficient (Wildman–Crippen LogP) is 1.71. The number of nitrogen functional groups attached to an aromatic ring is 1. The summed E-state index contributed by atoms with van der Waals surface area (Å²) in [4.78, 5) is 10.1. The molecule has 4 heteroatoms. The minimum Gasteiger partial charge on any atom is -0.399 e. The molecule has 4 nitrogen and oxygen atoms in total. The summed E-state index contributed by atoms with van der Waals surface area (Å²) in [6.45, 7) is 1.83. The number of hydrogen-bond donors (Lipinski definition) is 1. The lowest BCUT2D eigenvalue weighted by Gasteiger charge is -2.03. The van der Waals surface area contributed by atoms with Gasteiger partial charge in [0.25, 0.3) is 0 Å². The van der Waals surface area contributed by atoms with Crippen molar-refractivity contribution in [2.24, 2.45) is 0 Å². The Hall–Kier alpha value is -1.39. The van der Waals surface area contributed by atoms with Gasteiger partial charge in [-0.2, -0.15) is 0 Å². The van der Waals surface area contributed by atoms with E-state index in [4.69, 9.17) is 5.73 Å². The summed E-state index contributed by atoms with van der Waals surface area (Å²) in [6, 6.07) is 6.84. The molecule has 0 fully saturated rings. The maximum Gasteiger partial charge on any atom is 0.154 e. The van der Waals surface area contributed by atoms with Gasteiger partial charge in [-0.15, -0.1) is 0 Å². The number of carbonyl (C=O) groups is 1. The summed E-state index contributed by atoms with van der Waals surface area (Å²) in [5.41, 5.74) is 6.62. The molecule has 0 spiro atoms. The minimum absolute atomic E-state index is 0.0648. The van der Waals surface area contributed by atoms with Gasteiger partial charge in [-0.05, 0) is 19.1 Å². The van der Waals surface area contributed by atoms with Gasteiger partial charge in [0.2, 0.25) is 0 Å². The molecule has 0 saturated heterocycles. The van der Waals surface area contributed by atoms with Crippen LogP contribution in [0.3, 0.4) is 0 Å². The van der Waals surface area contributed by atoms with Crippen molar-refractivity contribution in [2.75, 3.05) is 20.0 Å². The van der Waals surface area contributed by atoms with Gasteiger partial charge >= 0.3 is 0 Å². The van der Waals surface area contributed by atoms with Crippen LogP contribution in [0.25, 0.3) is 0 Å². The van der Waals surface area contributed by atoms with Crippen LogP contribution in [0.2, 0.25) is 0 Å². The van der Waals surface area contributed by atoms with Crippen LogP contribution in [0.1, 0.15) is 17.3 Å². The van der Waals surface area contributed by atoms with Crippen molar-refractivity contribution in [3.63, 3.8) is 0 Å². The summed E-state index contributed by atoms with van der Waals surface area (Å²) in [5.74, 6) is 0. The predicted molar refractivity (Wildman–Crippen MR) is 59.7 cm³/mol. The van der Waals surface area contributed by atoms with Gasteiger partial charge < -0.3 is 15.2 Å². The molecule has 1 aromatic carbocycles. The molecule has 0 amide bonds. The number of methoxy groups -OCH3 is 2. The summed E-state index contributed by atoms with van der Waals surface area (Å²) >= 11 is 0. The average molecular weight is 211 g/mol. The molecule has 0 atom stereocenters. The van der Waals surface area contributed by atoms with Gasteiger partial charge in [0.05, 0.1) is 0 Å². The van der Waals surface area contributed by atoms with E-state index in [-0.39, 0.29) is 6.29 Å². The zero-order valence-corrected chi connectivity index (χ0v) is 9.27. The molecule has 0 heterocycles. The second kappa shape index (κ2) is 7.96. The number of benzene rings is 1. The molecule has 2 N–H and O–H groups in total. The Labute approximate surface area is 90.0 Å². The van der Waals surface area contributed by atoms with E-state index < -0.39 is 0 Å². The standard InChI is InChI=1S/C7H7NO.C4H10O2/c8-7-3-1-2-6(4-7)5-9;1-4(5-2)6-3/h1-5H,8H2;4H,1-3H3. The topological polar surface area (TPSA) is 61.6 Å². The SMILES string of the molecule is COC(C)OC.Nc1cccc(C=O)c1. The highest BCUT2D eigenvalue weighted by molar-refractivity contribution is 5.76. The van der Waals surface area contributed by atoms with Crippen LogP contribution in [0.5, 0.6) is 0 Å². The van der Waals surface area contributed by atoms with E-state index >= 15 is 0 Å². The Kier molecular flexibility index (Phi) is 7.23. The molecule has 0 bridgehead atoms. The highest BCUT2D eigenvalue weighted by Crippen LogP contribution is 2.02. The lowest BCUT2D eigenvalue weighted by molar-refractivity contribution is -0.0877. The fourth-order valence-corrected chi connectivity index (χ4v) is 0.729. The molecule has 0 unspecified atom stereocenters. The molecular weight excluding hydrogens is 194 g/mol. The van der Waals surface area contributed by atoms with E-state index in [0.29, 0.717) is 11.3 Å². The molecule has 0 radical (unpaired) electrons. The van der Waals surface area contributed by atoms with E-state index in [1.807, 2.05) is 6.92 Å². The van der Waals surface area contributed by atoms with E-state index in [9.17, 15) is 4.79 Å². The van der Waals surface area contributed by atoms with Gasteiger partial charge in [0.1, 0.15) is 6.29 Å².